The van der Waals surface area contributed by atoms with Gasteiger partial charge in [0.2, 0.25) is 5.91 Å². The third kappa shape index (κ3) is 5.04. The maximum absolute atomic E-state index is 15.2. The average Bonchev–Trinajstić information content (AvgIpc) is 3.56. The van der Waals surface area contributed by atoms with E-state index in [-0.39, 0.29) is 28.8 Å². The number of ether oxygens (including phenoxy) is 1. The fourth-order valence-corrected chi connectivity index (χ4v) is 4.46. The summed E-state index contributed by atoms with van der Waals surface area (Å²) in [5.41, 5.74) is 1.72. The highest BCUT2D eigenvalue weighted by Crippen LogP contribution is 2.33. The molecule has 1 saturated heterocycles. The first-order valence-corrected chi connectivity index (χ1v) is 11.4. The number of alkyl halides is 2. The number of allylic oxidation sites excluding steroid dienone is 4. The maximum Gasteiger partial charge on any atom is 0.282 e. The predicted octanol–water partition coefficient (Wildman–Crippen LogP) is 4.30. The molecule has 11 heteroatoms. The number of nitrogens with one attached hydrogen (secondary N) is 1. The van der Waals surface area contributed by atoms with Gasteiger partial charge in [0, 0.05) is 56.6 Å². The van der Waals surface area contributed by atoms with Crippen LogP contribution in [0, 0.1) is 0 Å². The molecule has 2 aromatic rings. The van der Waals surface area contributed by atoms with E-state index < -0.39 is 17.9 Å². The van der Waals surface area contributed by atoms with Gasteiger partial charge in [-0.15, -0.1) is 0 Å². The molecule has 4 heterocycles. The van der Waals surface area contributed by atoms with Crippen molar-refractivity contribution in [3.8, 4) is 0 Å². The number of halogens is 3. The van der Waals surface area contributed by atoms with E-state index in [1.807, 2.05) is 4.68 Å². The zero-order chi connectivity index (χ0) is 25.3. The molecule has 1 fully saturated rings. The van der Waals surface area contributed by atoms with Gasteiger partial charge in [-0.1, -0.05) is 12.7 Å². The lowest BCUT2D eigenvalue weighted by Gasteiger charge is -2.27. The number of nitrogens with zero attached hydrogens (tertiary/aromatic N) is 5. The van der Waals surface area contributed by atoms with E-state index in [9.17, 15) is 13.6 Å². The molecule has 188 valence electrons. The molecule has 0 spiro atoms. The molecule has 2 aliphatic heterocycles. The van der Waals surface area contributed by atoms with Crippen LogP contribution in [0.15, 0.2) is 36.5 Å². The van der Waals surface area contributed by atoms with Crippen LogP contribution in [-0.4, -0.2) is 50.1 Å². The van der Waals surface area contributed by atoms with Crippen LogP contribution in [0.3, 0.4) is 0 Å². The molecule has 1 atom stereocenters. The van der Waals surface area contributed by atoms with Crippen molar-refractivity contribution in [2.75, 3.05) is 25.1 Å². The molecule has 1 unspecified atom stereocenters. The second-order valence-corrected chi connectivity index (χ2v) is 8.67. The minimum Gasteiger partial charge on any atom is -0.379 e. The van der Waals surface area contributed by atoms with E-state index >= 15 is 4.39 Å². The molecule has 1 amide bonds. The van der Waals surface area contributed by atoms with Gasteiger partial charge in [0.15, 0.2) is 5.82 Å². The molecular formula is C24H29F3N6O2. The summed E-state index contributed by atoms with van der Waals surface area (Å²) in [5.74, 6) is -0.357. The van der Waals surface area contributed by atoms with Crippen molar-refractivity contribution in [1.82, 2.24) is 24.5 Å². The first-order chi connectivity index (χ1) is 16.7. The Bertz CT molecular complexity index is 1190. The minimum atomic E-state index is -2.79. The molecular weight excluding hydrogens is 461 g/mol. The van der Waals surface area contributed by atoms with E-state index in [1.54, 1.807) is 11.8 Å². The molecule has 0 saturated carbocycles. The van der Waals surface area contributed by atoms with Crippen LogP contribution >= 0.6 is 0 Å². The van der Waals surface area contributed by atoms with Crippen molar-refractivity contribution in [3.63, 3.8) is 0 Å². The largest absolute Gasteiger partial charge is 0.379 e. The Kier molecular flexibility index (Phi) is 7.15. The SMILES string of the molecule is C=C(Nc1nn(C2CCOC2)c2c1CN(C(C)=O)CC2)/C(F)=C\C(=C/C)c1cn(C)nc1C(F)F. The lowest BCUT2D eigenvalue weighted by Crippen LogP contribution is -2.35. The zero-order valence-electron chi connectivity index (χ0n) is 20.0. The summed E-state index contributed by atoms with van der Waals surface area (Å²) in [6, 6.07) is 0.0739. The second-order valence-electron chi connectivity index (χ2n) is 8.67. The summed E-state index contributed by atoms with van der Waals surface area (Å²) in [5, 5.41) is 11.4. The Morgan fingerprint density at radius 1 is 1.37 bits per heavy atom. The summed E-state index contributed by atoms with van der Waals surface area (Å²) in [6.45, 7) is 9.07. The van der Waals surface area contributed by atoms with E-state index in [1.165, 1.54) is 30.9 Å². The number of rotatable bonds is 7. The first-order valence-electron chi connectivity index (χ1n) is 11.4. The predicted molar refractivity (Wildman–Crippen MR) is 125 cm³/mol. The van der Waals surface area contributed by atoms with Gasteiger partial charge in [0.25, 0.3) is 6.43 Å². The van der Waals surface area contributed by atoms with E-state index in [4.69, 9.17) is 9.84 Å². The first kappa shape index (κ1) is 24.8. The topological polar surface area (TPSA) is 77.2 Å². The van der Waals surface area contributed by atoms with Gasteiger partial charge < -0.3 is 15.0 Å². The molecule has 1 N–H and O–H groups in total. The highest BCUT2D eigenvalue weighted by Gasteiger charge is 2.30. The number of amides is 1. The van der Waals surface area contributed by atoms with Gasteiger partial charge in [-0.05, 0) is 25.0 Å². The van der Waals surface area contributed by atoms with Crippen LogP contribution < -0.4 is 5.32 Å². The number of carbonyl (C=O) groups excluding carboxylic acids is 1. The molecule has 4 rings (SSSR count). The Hall–Kier alpha value is -3.34. The normalized spacial score (nSPS) is 18.8. The minimum absolute atomic E-state index is 0.0486. The number of anilines is 1. The highest BCUT2D eigenvalue weighted by atomic mass is 19.3. The van der Waals surface area contributed by atoms with Crippen LogP contribution in [0.4, 0.5) is 19.0 Å². The molecule has 0 radical (unpaired) electrons. The summed E-state index contributed by atoms with van der Waals surface area (Å²) >= 11 is 0. The smallest absolute Gasteiger partial charge is 0.282 e. The fraction of sp³-hybridized carbons (Fsp3) is 0.458. The van der Waals surface area contributed by atoms with E-state index in [0.29, 0.717) is 38.5 Å². The number of aryl methyl sites for hydroxylation is 1. The van der Waals surface area contributed by atoms with Gasteiger partial charge in [-0.25, -0.2) is 13.2 Å². The number of carbonyl (C=O) groups is 1. The van der Waals surface area contributed by atoms with Crippen LogP contribution in [0.5, 0.6) is 0 Å². The summed E-state index contributed by atoms with van der Waals surface area (Å²) < 4.78 is 50.7. The van der Waals surface area contributed by atoms with Crippen LogP contribution in [-0.2, 0) is 29.5 Å². The molecule has 2 aliphatic rings. The lowest BCUT2D eigenvalue weighted by atomic mass is 10.0. The summed E-state index contributed by atoms with van der Waals surface area (Å²) in [6.07, 6.45) is 2.77. The molecule has 2 aromatic heterocycles. The number of hydrogen-bond acceptors (Lipinski definition) is 5. The van der Waals surface area contributed by atoms with Gasteiger partial charge in [0.05, 0.1) is 24.9 Å². The van der Waals surface area contributed by atoms with Gasteiger partial charge in [-0.3, -0.25) is 14.2 Å². The molecule has 8 nitrogen and oxygen atoms in total. The number of hydrogen-bond donors (Lipinski definition) is 1. The molecule has 35 heavy (non-hydrogen) atoms. The maximum atomic E-state index is 15.2. The quantitative estimate of drug-likeness (QED) is 0.586. The van der Waals surface area contributed by atoms with E-state index in [0.717, 1.165) is 23.8 Å². The lowest BCUT2D eigenvalue weighted by molar-refractivity contribution is -0.129. The number of fused-ring (bicyclic) bond motifs is 1. The summed E-state index contributed by atoms with van der Waals surface area (Å²) in [4.78, 5) is 13.7. The van der Waals surface area contributed by atoms with Crippen molar-refractivity contribution < 1.29 is 22.7 Å². The Balaban J connectivity index is 1.61. The second kappa shape index (κ2) is 10.1. The summed E-state index contributed by atoms with van der Waals surface area (Å²) in [7, 11) is 1.53. The van der Waals surface area contributed by atoms with Crippen LogP contribution in [0.25, 0.3) is 5.57 Å². The van der Waals surface area contributed by atoms with Crippen molar-refractivity contribution >= 4 is 17.3 Å². The van der Waals surface area contributed by atoms with Gasteiger partial charge in [-0.2, -0.15) is 10.2 Å². The fourth-order valence-electron chi connectivity index (χ4n) is 4.46. The number of aromatic nitrogens is 4. The average molecular weight is 491 g/mol. The third-order valence-corrected chi connectivity index (χ3v) is 6.31. The van der Waals surface area contributed by atoms with Crippen molar-refractivity contribution in [2.24, 2.45) is 7.05 Å². The van der Waals surface area contributed by atoms with E-state index in [2.05, 4.69) is 17.0 Å². The Morgan fingerprint density at radius 3 is 2.77 bits per heavy atom. The third-order valence-electron chi connectivity index (χ3n) is 6.31. The van der Waals surface area contributed by atoms with Gasteiger partial charge >= 0.3 is 0 Å². The molecule has 0 aromatic carbocycles. The Morgan fingerprint density at radius 2 is 2.14 bits per heavy atom. The standard InChI is InChI=1S/C24H29F3N6O2/c1-5-16(18-11-31(4)29-22(18)23(26)27)10-20(25)14(2)28-24-19-12-32(15(3)34)8-6-21(19)33(30-24)17-7-9-35-13-17/h5,10-11,17,23H,2,6-9,12-13H2,1,3-4H3,(H,28,30)/b16-5+,20-10+. The van der Waals surface area contributed by atoms with Crippen molar-refractivity contribution in [1.29, 1.82) is 0 Å². The monoisotopic (exact) mass is 490 g/mol. The van der Waals surface area contributed by atoms with Crippen LogP contribution in [0.2, 0.25) is 0 Å². The molecule has 0 bridgehead atoms. The van der Waals surface area contributed by atoms with Gasteiger partial charge in [0.1, 0.15) is 11.5 Å². The zero-order valence-corrected chi connectivity index (χ0v) is 20.0. The molecule has 0 aliphatic carbocycles. The Labute approximate surface area is 201 Å². The highest BCUT2D eigenvalue weighted by molar-refractivity contribution is 5.77. The van der Waals surface area contributed by atoms with Crippen molar-refractivity contribution in [2.45, 2.75) is 45.7 Å². The van der Waals surface area contributed by atoms with Crippen LogP contribution in [0.1, 0.15) is 55.3 Å². The van der Waals surface area contributed by atoms with Crippen molar-refractivity contribution in [3.05, 3.63) is 59.0 Å².